The molecule has 0 bridgehead atoms. The third-order valence-electron chi connectivity index (χ3n) is 6.48. The molecule has 1 atom stereocenters. The van der Waals surface area contributed by atoms with E-state index in [-0.39, 0.29) is 24.4 Å². The molecule has 0 aliphatic carbocycles. The Hall–Kier alpha value is -4.27. The summed E-state index contributed by atoms with van der Waals surface area (Å²) >= 11 is 0. The summed E-state index contributed by atoms with van der Waals surface area (Å²) in [5.74, 6) is 0.664. The number of likely N-dealkylation sites (tertiary alicyclic amines) is 1. The van der Waals surface area contributed by atoms with E-state index >= 15 is 0 Å². The zero-order valence-corrected chi connectivity index (χ0v) is 20.0. The van der Waals surface area contributed by atoms with Gasteiger partial charge in [0.25, 0.3) is 0 Å². The van der Waals surface area contributed by atoms with E-state index in [0.717, 1.165) is 29.5 Å². The van der Waals surface area contributed by atoms with Gasteiger partial charge in [0.15, 0.2) is 5.65 Å². The maximum Gasteiger partial charge on any atom is 0.246 e. The number of halogens is 1. The second-order valence-corrected chi connectivity index (χ2v) is 8.93. The van der Waals surface area contributed by atoms with E-state index in [9.17, 15) is 9.18 Å². The highest BCUT2D eigenvalue weighted by Gasteiger charge is 2.28. The number of hydrogen-bond donors (Lipinski definition) is 1. The minimum atomic E-state index is -0.291. The van der Waals surface area contributed by atoms with Crippen LogP contribution in [-0.4, -0.2) is 43.6 Å². The van der Waals surface area contributed by atoms with Gasteiger partial charge in [0.1, 0.15) is 36.0 Å². The average molecular weight is 487 g/mol. The van der Waals surface area contributed by atoms with Gasteiger partial charge in [0.2, 0.25) is 5.91 Å². The van der Waals surface area contributed by atoms with Crippen molar-refractivity contribution in [2.24, 2.45) is 0 Å². The number of nitrogen functional groups attached to an aromatic ring is 1. The van der Waals surface area contributed by atoms with E-state index in [4.69, 9.17) is 15.6 Å². The fourth-order valence-electron chi connectivity index (χ4n) is 4.68. The highest BCUT2D eigenvalue weighted by atomic mass is 19.1. The summed E-state index contributed by atoms with van der Waals surface area (Å²) in [7, 11) is 0. The Bertz CT molecular complexity index is 1450. The molecule has 2 N–H and O–H groups in total. The first-order valence-corrected chi connectivity index (χ1v) is 11.8. The summed E-state index contributed by atoms with van der Waals surface area (Å²) in [6.07, 6.45) is 4.50. The summed E-state index contributed by atoms with van der Waals surface area (Å²) in [4.78, 5) is 22.7. The van der Waals surface area contributed by atoms with E-state index in [2.05, 4.69) is 16.5 Å². The van der Waals surface area contributed by atoms with Gasteiger partial charge in [-0.3, -0.25) is 4.79 Å². The van der Waals surface area contributed by atoms with Gasteiger partial charge in [-0.25, -0.2) is 19.0 Å². The predicted molar refractivity (Wildman–Crippen MR) is 136 cm³/mol. The summed E-state index contributed by atoms with van der Waals surface area (Å²) in [6, 6.07) is 12.1. The van der Waals surface area contributed by atoms with Crippen molar-refractivity contribution in [2.75, 3.05) is 18.8 Å². The molecule has 3 heterocycles. The van der Waals surface area contributed by atoms with Crippen molar-refractivity contribution in [1.82, 2.24) is 24.6 Å². The molecule has 1 amide bonds. The van der Waals surface area contributed by atoms with E-state index < -0.39 is 0 Å². The van der Waals surface area contributed by atoms with E-state index in [0.29, 0.717) is 41.4 Å². The number of carbonyl (C=O) groups is 1. The molecule has 2 aromatic carbocycles. The maximum atomic E-state index is 13.5. The fraction of sp³-hybridized carbons (Fsp3) is 0.259. The standard InChI is InChI=1S/C27H27FN6O2/c1-3-23(35)33-11-5-8-21(14-33)34-27-24(26(29)30-16-31-27)25(32-34)19-9-10-22(17(2)12-19)36-15-18-6-4-7-20(28)13-18/h3-4,6-7,9-10,12-13,16,21H,1,5,8,11,14-15H2,2H3,(H2,29,30,31)/t21-/m1/s1. The largest absolute Gasteiger partial charge is 0.489 e. The topological polar surface area (TPSA) is 99.2 Å². The zero-order chi connectivity index (χ0) is 25.2. The normalized spacial score (nSPS) is 15.7. The number of benzene rings is 2. The molecule has 8 nitrogen and oxygen atoms in total. The van der Waals surface area contributed by atoms with Crippen molar-refractivity contribution in [3.05, 3.63) is 78.4 Å². The van der Waals surface area contributed by atoms with Gasteiger partial charge < -0.3 is 15.4 Å². The molecule has 5 rings (SSSR count). The Balaban J connectivity index is 1.47. The lowest BCUT2D eigenvalue weighted by molar-refractivity contribution is -0.127. The number of rotatable bonds is 6. The summed E-state index contributed by atoms with van der Waals surface area (Å²) < 4.78 is 21.3. The number of hydrogen-bond acceptors (Lipinski definition) is 6. The molecule has 0 spiro atoms. The van der Waals surface area contributed by atoms with Crippen molar-refractivity contribution in [2.45, 2.75) is 32.4 Å². The molecule has 4 aromatic rings. The SMILES string of the molecule is C=CC(=O)N1CCC[C@@H](n2nc(-c3ccc(OCc4cccc(F)c4)c(C)c3)c3c(N)ncnc32)C1. The van der Waals surface area contributed by atoms with Gasteiger partial charge in [-0.1, -0.05) is 18.7 Å². The first-order chi connectivity index (χ1) is 17.4. The summed E-state index contributed by atoms with van der Waals surface area (Å²) in [6.45, 7) is 7.04. The third kappa shape index (κ3) is 4.51. The summed E-state index contributed by atoms with van der Waals surface area (Å²) in [5.41, 5.74) is 10.1. The quantitative estimate of drug-likeness (QED) is 0.404. The van der Waals surface area contributed by atoms with Crippen molar-refractivity contribution >= 4 is 22.8 Å². The Morgan fingerprint density at radius 1 is 1.28 bits per heavy atom. The molecule has 1 aliphatic rings. The number of ether oxygens (including phenoxy) is 1. The molecule has 0 saturated carbocycles. The smallest absolute Gasteiger partial charge is 0.246 e. The van der Waals surface area contributed by atoms with Crippen LogP contribution in [-0.2, 0) is 11.4 Å². The lowest BCUT2D eigenvalue weighted by Crippen LogP contribution is -2.40. The molecule has 0 radical (unpaired) electrons. The molecular formula is C27H27FN6O2. The third-order valence-corrected chi connectivity index (χ3v) is 6.48. The van der Waals surface area contributed by atoms with Crippen LogP contribution in [0.2, 0.25) is 0 Å². The number of piperidine rings is 1. The molecule has 0 unspecified atom stereocenters. The first-order valence-electron chi connectivity index (χ1n) is 11.8. The molecule has 2 aromatic heterocycles. The Morgan fingerprint density at radius 2 is 2.14 bits per heavy atom. The number of nitrogens with zero attached hydrogens (tertiary/aromatic N) is 5. The number of amides is 1. The minimum absolute atomic E-state index is 0.0387. The number of anilines is 1. The second kappa shape index (κ2) is 9.77. The monoisotopic (exact) mass is 486 g/mol. The molecule has 36 heavy (non-hydrogen) atoms. The Kier molecular flexibility index (Phi) is 6.37. The minimum Gasteiger partial charge on any atom is -0.489 e. The van der Waals surface area contributed by atoms with Crippen LogP contribution in [0.15, 0.2) is 61.4 Å². The lowest BCUT2D eigenvalue weighted by atomic mass is 10.1. The van der Waals surface area contributed by atoms with Crippen LogP contribution in [0.1, 0.15) is 30.0 Å². The Labute approximate surface area is 208 Å². The van der Waals surface area contributed by atoms with Gasteiger partial charge in [-0.15, -0.1) is 0 Å². The van der Waals surface area contributed by atoms with Crippen LogP contribution in [0, 0.1) is 12.7 Å². The molecule has 184 valence electrons. The maximum absolute atomic E-state index is 13.5. The van der Waals surface area contributed by atoms with Crippen LogP contribution >= 0.6 is 0 Å². The highest BCUT2D eigenvalue weighted by Crippen LogP contribution is 2.35. The Morgan fingerprint density at radius 3 is 2.92 bits per heavy atom. The number of aryl methyl sites for hydroxylation is 1. The van der Waals surface area contributed by atoms with Crippen LogP contribution in [0.4, 0.5) is 10.2 Å². The summed E-state index contributed by atoms with van der Waals surface area (Å²) in [5, 5.41) is 5.60. The molecule has 1 aliphatic heterocycles. The van der Waals surface area contributed by atoms with Crippen molar-refractivity contribution in [3.63, 3.8) is 0 Å². The molecule has 1 fully saturated rings. The van der Waals surface area contributed by atoms with Crippen molar-refractivity contribution in [1.29, 1.82) is 0 Å². The van der Waals surface area contributed by atoms with Gasteiger partial charge in [0, 0.05) is 18.7 Å². The number of fused-ring (bicyclic) bond motifs is 1. The van der Waals surface area contributed by atoms with Crippen molar-refractivity contribution < 1.29 is 13.9 Å². The van der Waals surface area contributed by atoms with E-state index in [1.165, 1.54) is 24.5 Å². The van der Waals surface area contributed by atoms with Gasteiger partial charge in [0.05, 0.1) is 11.4 Å². The van der Waals surface area contributed by atoms with Gasteiger partial charge in [-0.05, 0) is 67.3 Å². The molecule has 9 heteroatoms. The zero-order valence-electron chi connectivity index (χ0n) is 20.0. The number of carbonyl (C=O) groups excluding carboxylic acids is 1. The fourth-order valence-corrected chi connectivity index (χ4v) is 4.68. The van der Waals surface area contributed by atoms with Crippen molar-refractivity contribution in [3.8, 4) is 17.0 Å². The van der Waals surface area contributed by atoms with Crippen LogP contribution in [0.5, 0.6) is 5.75 Å². The average Bonchev–Trinajstić information content (AvgIpc) is 3.29. The molecule has 1 saturated heterocycles. The van der Waals surface area contributed by atoms with Crippen LogP contribution in [0.3, 0.4) is 0 Å². The predicted octanol–water partition coefficient (Wildman–Crippen LogP) is 4.45. The first kappa shape index (κ1) is 23.5. The van der Waals surface area contributed by atoms with E-state index in [1.807, 2.05) is 35.9 Å². The number of nitrogens with two attached hydrogens (primary N) is 1. The second-order valence-electron chi connectivity index (χ2n) is 8.93. The van der Waals surface area contributed by atoms with Gasteiger partial charge in [-0.2, -0.15) is 5.10 Å². The van der Waals surface area contributed by atoms with E-state index in [1.54, 1.807) is 11.0 Å². The van der Waals surface area contributed by atoms with Crippen LogP contribution < -0.4 is 10.5 Å². The lowest BCUT2D eigenvalue weighted by Gasteiger charge is -2.32. The van der Waals surface area contributed by atoms with Gasteiger partial charge >= 0.3 is 0 Å². The highest BCUT2D eigenvalue weighted by molar-refractivity contribution is 5.98. The number of aromatic nitrogens is 4. The molecular weight excluding hydrogens is 459 g/mol. The van der Waals surface area contributed by atoms with Crippen LogP contribution in [0.25, 0.3) is 22.3 Å².